The highest BCUT2D eigenvalue weighted by molar-refractivity contribution is 5.76. The topological polar surface area (TPSA) is 81.3 Å². The number of fused-ring (bicyclic) bond motifs is 2. The van der Waals surface area contributed by atoms with Crippen molar-refractivity contribution in [3.05, 3.63) is 47.8 Å². The molecule has 1 aromatic heterocycles. The van der Waals surface area contributed by atoms with Crippen LogP contribution in [-0.2, 0) is 21.6 Å². The summed E-state index contributed by atoms with van der Waals surface area (Å²) in [6.45, 7) is 2.76. The van der Waals surface area contributed by atoms with Crippen molar-refractivity contribution in [2.75, 3.05) is 26.2 Å². The highest BCUT2D eigenvalue weighted by Gasteiger charge is 2.43. The third kappa shape index (κ3) is 3.80. The van der Waals surface area contributed by atoms with Gasteiger partial charge in [-0.15, -0.1) is 0 Å². The predicted molar refractivity (Wildman–Crippen MR) is 108 cm³/mol. The van der Waals surface area contributed by atoms with E-state index >= 15 is 0 Å². The van der Waals surface area contributed by atoms with Crippen LogP contribution in [-0.4, -0.2) is 47.0 Å². The number of nitrogens with two attached hydrogens (primary N) is 1. The molecule has 0 unspecified atom stereocenters. The Morgan fingerprint density at radius 3 is 2.71 bits per heavy atom. The van der Waals surface area contributed by atoms with Crippen molar-refractivity contribution in [1.82, 2.24) is 14.9 Å². The molecule has 0 aliphatic carbocycles. The van der Waals surface area contributed by atoms with Crippen molar-refractivity contribution < 1.29 is 9.53 Å². The van der Waals surface area contributed by atoms with Crippen molar-refractivity contribution in [2.45, 2.75) is 44.1 Å². The van der Waals surface area contributed by atoms with Crippen LogP contribution in [0.3, 0.4) is 0 Å². The Balaban J connectivity index is 1.52. The number of hydrogen-bond acceptors (Lipinski definition) is 5. The van der Waals surface area contributed by atoms with Gasteiger partial charge in [0.2, 0.25) is 5.91 Å². The van der Waals surface area contributed by atoms with E-state index in [1.165, 1.54) is 5.56 Å². The minimum atomic E-state index is -0.395. The van der Waals surface area contributed by atoms with Crippen LogP contribution in [0.5, 0.6) is 0 Å². The van der Waals surface area contributed by atoms with Gasteiger partial charge in [-0.2, -0.15) is 0 Å². The third-order valence-electron chi connectivity index (χ3n) is 5.85. The van der Waals surface area contributed by atoms with Crippen LogP contribution in [0.15, 0.2) is 36.5 Å². The summed E-state index contributed by atoms with van der Waals surface area (Å²) >= 11 is 0. The molecule has 2 aliphatic heterocycles. The number of ether oxygens (including phenoxy) is 1. The summed E-state index contributed by atoms with van der Waals surface area (Å²) in [6, 6.07) is 10.0. The molecule has 2 aliphatic rings. The van der Waals surface area contributed by atoms with Gasteiger partial charge in [0.15, 0.2) is 5.82 Å². The van der Waals surface area contributed by atoms with Crippen LogP contribution in [0.1, 0.15) is 43.4 Å². The number of carbonyl (C=O) groups excluding carboxylic acids is 1. The summed E-state index contributed by atoms with van der Waals surface area (Å²) in [6.07, 6.45) is 6.72. The molecule has 3 heterocycles. The molecule has 2 N–H and O–H groups in total. The first-order valence-electron chi connectivity index (χ1n) is 10.3. The molecule has 2 aromatic rings. The molecule has 0 radical (unpaired) electrons. The molecule has 6 heteroatoms. The van der Waals surface area contributed by atoms with E-state index in [1.54, 1.807) is 0 Å². The summed E-state index contributed by atoms with van der Waals surface area (Å²) in [4.78, 5) is 23.9. The number of nitrogens with zero attached hydrogens (tertiary/aromatic N) is 3. The number of rotatable bonds is 5. The quantitative estimate of drug-likeness (QED) is 0.807. The Labute approximate surface area is 166 Å². The lowest BCUT2D eigenvalue weighted by atomic mass is 9.83. The SMILES string of the molecule is NCCCCC(=O)N1CCC2(CC1)OCCc1cnc(-c3ccccc3)nc12. The fraction of sp³-hybridized carbons (Fsp3) is 0.500. The average Bonchev–Trinajstić information content (AvgIpc) is 2.75. The molecule has 1 aromatic carbocycles. The first-order valence-corrected chi connectivity index (χ1v) is 10.3. The van der Waals surface area contributed by atoms with Crippen molar-refractivity contribution >= 4 is 5.91 Å². The van der Waals surface area contributed by atoms with Crippen molar-refractivity contribution in [3.8, 4) is 11.4 Å². The van der Waals surface area contributed by atoms with E-state index in [4.69, 9.17) is 15.5 Å². The summed E-state index contributed by atoms with van der Waals surface area (Å²) in [7, 11) is 0. The second-order valence-electron chi connectivity index (χ2n) is 7.65. The highest BCUT2D eigenvalue weighted by atomic mass is 16.5. The number of likely N-dealkylation sites (tertiary alicyclic amines) is 1. The molecule has 1 fully saturated rings. The Morgan fingerprint density at radius 2 is 1.96 bits per heavy atom. The van der Waals surface area contributed by atoms with E-state index in [0.717, 1.165) is 49.2 Å². The van der Waals surface area contributed by atoms with Crippen LogP contribution in [0, 0.1) is 0 Å². The van der Waals surface area contributed by atoms with Crippen LogP contribution < -0.4 is 5.73 Å². The van der Waals surface area contributed by atoms with E-state index in [1.807, 2.05) is 41.4 Å². The zero-order chi connectivity index (χ0) is 19.4. The van der Waals surface area contributed by atoms with Crippen LogP contribution >= 0.6 is 0 Å². The highest BCUT2D eigenvalue weighted by Crippen LogP contribution is 2.41. The van der Waals surface area contributed by atoms with Gasteiger partial charge in [0.1, 0.15) is 5.60 Å². The lowest BCUT2D eigenvalue weighted by molar-refractivity contribution is -0.141. The lowest BCUT2D eigenvalue weighted by Gasteiger charge is -2.44. The molecule has 148 valence electrons. The molecule has 0 atom stereocenters. The number of carbonyl (C=O) groups is 1. The zero-order valence-electron chi connectivity index (χ0n) is 16.3. The first-order chi connectivity index (χ1) is 13.7. The van der Waals surface area contributed by atoms with Crippen molar-refractivity contribution in [2.24, 2.45) is 5.73 Å². The Bertz CT molecular complexity index is 817. The molecule has 1 amide bonds. The summed E-state index contributed by atoms with van der Waals surface area (Å²) < 4.78 is 6.31. The summed E-state index contributed by atoms with van der Waals surface area (Å²) in [5.41, 5.74) is 8.34. The molecule has 6 nitrogen and oxygen atoms in total. The first kappa shape index (κ1) is 19.0. The van der Waals surface area contributed by atoms with Gasteiger partial charge in [0, 0.05) is 31.3 Å². The van der Waals surface area contributed by atoms with E-state index in [0.29, 0.717) is 32.7 Å². The lowest BCUT2D eigenvalue weighted by Crippen LogP contribution is -2.48. The van der Waals surface area contributed by atoms with E-state index in [-0.39, 0.29) is 5.91 Å². The van der Waals surface area contributed by atoms with Gasteiger partial charge in [-0.05, 0) is 44.2 Å². The monoisotopic (exact) mass is 380 g/mol. The van der Waals surface area contributed by atoms with Gasteiger partial charge < -0.3 is 15.4 Å². The fourth-order valence-corrected chi connectivity index (χ4v) is 4.21. The molecule has 4 rings (SSSR count). The minimum Gasteiger partial charge on any atom is -0.368 e. The standard InChI is InChI=1S/C22H28N4O2/c23-12-5-4-8-19(27)26-13-10-22(11-14-26)20-18(9-15-28-22)16-24-21(25-20)17-6-2-1-3-7-17/h1-3,6-7,16H,4-5,8-15,23H2. The number of aromatic nitrogens is 2. The van der Waals surface area contributed by atoms with E-state index in [9.17, 15) is 4.79 Å². The second-order valence-corrected chi connectivity index (χ2v) is 7.65. The third-order valence-corrected chi connectivity index (χ3v) is 5.85. The number of unbranched alkanes of at least 4 members (excludes halogenated alkanes) is 1. The molecule has 0 bridgehead atoms. The maximum Gasteiger partial charge on any atom is 0.222 e. The van der Waals surface area contributed by atoms with Gasteiger partial charge >= 0.3 is 0 Å². The van der Waals surface area contributed by atoms with Gasteiger partial charge in [-0.25, -0.2) is 9.97 Å². The Morgan fingerprint density at radius 1 is 1.18 bits per heavy atom. The number of benzene rings is 1. The molecule has 1 saturated heterocycles. The molecule has 1 spiro atoms. The average molecular weight is 380 g/mol. The smallest absolute Gasteiger partial charge is 0.222 e. The predicted octanol–water partition coefficient (Wildman–Crippen LogP) is 2.66. The largest absolute Gasteiger partial charge is 0.368 e. The molecular formula is C22H28N4O2. The molecular weight excluding hydrogens is 352 g/mol. The normalized spacial score (nSPS) is 18.1. The number of hydrogen-bond donors (Lipinski definition) is 1. The Kier molecular flexibility index (Phi) is 5.69. The second kappa shape index (κ2) is 8.37. The van der Waals surface area contributed by atoms with E-state index < -0.39 is 5.60 Å². The molecule has 28 heavy (non-hydrogen) atoms. The van der Waals surface area contributed by atoms with Gasteiger partial charge in [0.05, 0.1) is 12.3 Å². The van der Waals surface area contributed by atoms with E-state index in [2.05, 4.69) is 4.98 Å². The van der Waals surface area contributed by atoms with Crippen molar-refractivity contribution in [3.63, 3.8) is 0 Å². The van der Waals surface area contributed by atoms with Crippen LogP contribution in [0.4, 0.5) is 0 Å². The Hall–Kier alpha value is -2.31. The zero-order valence-corrected chi connectivity index (χ0v) is 16.3. The fourth-order valence-electron chi connectivity index (χ4n) is 4.21. The van der Waals surface area contributed by atoms with Crippen LogP contribution in [0.2, 0.25) is 0 Å². The summed E-state index contributed by atoms with van der Waals surface area (Å²) in [5, 5.41) is 0. The number of amides is 1. The maximum absolute atomic E-state index is 12.4. The van der Waals surface area contributed by atoms with Gasteiger partial charge in [-0.1, -0.05) is 30.3 Å². The maximum atomic E-state index is 12.4. The van der Waals surface area contributed by atoms with Gasteiger partial charge in [-0.3, -0.25) is 4.79 Å². The van der Waals surface area contributed by atoms with Gasteiger partial charge in [0.25, 0.3) is 0 Å². The van der Waals surface area contributed by atoms with Crippen molar-refractivity contribution in [1.29, 1.82) is 0 Å². The van der Waals surface area contributed by atoms with Crippen LogP contribution in [0.25, 0.3) is 11.4 Å². The molecule has 0 saturated carbocycles. The minimum absolute atomic E-state index is 0.229. The summed E-state index contributed by atoms with van der Waals surface area (Å²) in [5.74, 6) is 0.969. The number of piperidine rings is 1.